The summed E-state index contributed by atoms with van der Waals surface area (Å²) in [6.45, 7) is 9.18. The van der Waals surface area contributed by atoms with Gasteiger partial charge in [-0.25, -0.2) is 0 Å². The summed E-state index contributed by atoms with van der Waals surface area (Å²) in [6, 6.07) is 12.5. The Morgan fingerprint density at radius 3 is 2.30 bits per heavy atom. The van der Waals surface area contributed by atoms with E-state index in [2.05, 4.69) is 10.2 Å². The van der Waals surface area contributed by atoms with Gasteiger partial charge in [0.1, 0.15) is 5.75 Å². The van der Waals surface area contributed by atoms with Crippen molar-refractivity contribution in [1.82, 2.24) is 4.90 Å². The molecule has 2 aromatic rings. The molecule has 0 spiro atoms. The van der Waals surface area contributed by atoms with Crippen LogP contribution in [0.2, 0.25) is 5.02 Å². The van der Waals surface area contributed by atoms with Crippen LogP contribution in [0.25, 0.3) is 0 Å². The minimum absolute atomic E-state index is 0.0124. The summed E-state index contributed by atoms with van der Waals surface area (Å²) in [5.41, 5.74) is 2.09. The molecule has 160 valence electrons. The standard InChI is InChI=1S/C23H28ClN3O3/c1-4-30-19-8-5-17(6-9-19)22(28)25-18-7-10-21(20(24)15-18)26-11-13-27(14-12-26)23(29)16(2)3/h5-10,15-16H,4,11-14H2,1-3H3,(H,25,28). The first-order chi connectivity index (χ1) is 14.4. The summed E-state index contributed by atoms with van der Waals surface area (Å²) >= 11 is 6.51. The number of hydrogen-bond donors (Lipinski definition) is 1. The Bertz CT molecular complexity index is 891. The first kappa shape index (κ1) is 22.0. The second kappa shape index (κ2) is 9.85. The summed E-state index contributed by atoms with van der Waals surface area (Å²) in [7, 11) is 0. The quantitative estimate of drug-likeness (QED) is 0.743. The summed E-state index contributed by atoms with van der Waals surface area (Å²) in [5, 5.41) is 3.45. The lowest BCUT2D eigenvalue weighted by molar-refractivity contribution is -0.134. The van der Waals surface area contributed by atoms with Crippen LogP contribution in [-0.2, 0) is 4.79 Å². The van der Waals surface area contributed by atoms with E-state index in [-0.39, 0.29) is 17.7 Å². The molecule has 0 aliphatic carbocycles. The van der Waals surface area contributed by atoms with Gasteiger partial charge in [0.2, 0.25) is 5.91 Å². The lowest BCUT2D eigenvalue weighted by atomic mass is 10.1. The number of ether oxygens (including phenoxy) is 1. The molecule has 1 fully saturated rings. The highest BCUT2D eigenvalue weighted by Gasteiger charge is 2.24. The van der Waals surface area contributed by atoms with Gasteiger partial charge in [0.25, 0.3) is 5.91 Å². The summed E-state index contributed by atoms with van der Waals surface area (Å²) in [4.78, 5) is 28.7. The van der Waals surface area contributed by atoms with Crippen molar-refractivity contribution in [1.29, 1.82) is 0 Å². The SMILES string of the molecule is CCOc1ccc(C(=O)Nc2ccc(N3CCN(C(=O)C(C)C)CC3)c(Cl)c2)cc1. The van der Waals surface area contributed by atoms with Crippen LogP contribution in [0.1, 0.15) is 31.1 Å². The van der Waals surface area contributed by atoms with Crippen LogP contribution in [0.3, 0.4) is 0 Å². The van der Waals surface area contributed by atoms with Crippen molar-refractivity contribution in [2.75, 3.05) is 43.0 Å². The molecule has 0 unspecified atom stereocenters. The van der Waals surface area contributed by atoms with Gasteiger partial charge in [-0.2, -0.15) is 0 Å². The predicted octanol–water partition coefficient (Wildman–Crippen LogP) is 4.30. The maximum atomic E-state index is 12.5. The molecular weight excluding hydrogens is 402 g/mol. The zero-order valence-electron chi connectivity index (χ0n) is 17.7. The Kier molecular flexibility index (Phi) is 7.21. The van der Waals surface area contributed by atoms with E-state index in [1.54, 1.807) is 30.3 Å². The minimum atomic E-state index is -0.206. The van der Waals surface area contributed by atoms with Crippen LogP contribution in [0.4, 0.5) is 11.4 Å². The molecule has 1 N–H and O–H groups in total. The average molecular weight is 430 g/mol. The largest absolute Gasteiger partial charge is 0.494 e. The van der Waals surface area contributed by atoms with Crippen LogP contribution in [-0.4, -0.2) is 49.5 Å². The van der Waals surface area contributed by atoms with E-state index in [1.807, 2.05) is 37.8 Å². The number of piperazine rings is 1. The van der Waals surface area contributed by atoms with Crippen LogP contribution >= 0.6 is 11.6 Å². The maximum Gasteiger partial charge on any atom is 0.255 e. The fourth-order valence-corrected chi connectivity index (χ4v) is 3.75. The number of carbonyl (C=O) groups is 2. The lowest BCUT2D eigenvalue weighted by Crippen LogP contribution is -2.50. The summed E-state index contributed by atoms with van der Waals surface area (Å²) in [5.74, 6) is 0.728. The van der Waals surface area contributed by atoms with Crippen molar-refractivity contribution < 1.29 is 14.3 Å². The highest BCUT2D eigenvalue weighted by atomic mass is 35.5. The van der Waals surface area contributed by atoms with Crippen LogP contribution in [0, 0.1) is 5.92 Å². The van der Waals surface area contributed by atoms with Crippen molar-refractivity contribution in [3.8, 4) is 5.75 Å². The third kappa shape index (κ3) is 5.25. The smallest absolute Gasteiger partial charge is 0.255 e. The van der Waals surface area contributed by atoms with Gasteiger partial charge in [0.15, 0.2) is 0 Å². The van der Waals surface area contributed by atoms with E-state index in [0.717, 1.165) is 24.5 Å². The number of amides is 2. The number of nitrogens with one attached hydrogen (secondary N) is 1. The molecular formula is C23H28ClN3O3. The molecule has 3 rings (SSSR count). The topological polar surface area (TPSA) is 61.9 Å². The fraction of sp³-hybridized carbons (Fsp3) is 0.391. The number of rotatable bonds is 6. The van der Waals surface area contributed by atoms with Gasteiger partial charge in [-0.1, -0.05) is 25.4 Å². The van der Waals surface area contributed by atoms with Gasteiger partial charge < -0.3 is 19.9 Å². The molecule has 6 nitrogen and oxygen atoms in total. The third-order valence-electron chi connectivity index (χ3n) is 5.06. The maximum absolute atomic E-state index is 12.5. The number of benzene rings is 2. The number of carbonyl (C=O) groups excluding carboxylic acids is 2. The molecule has 0 bridgehead atoms. The second-order valence-electron chi connectivity index (χ2n) is 7.54. The van der Waals surface area contributed by atoms with Crippen LogP contribution in [0.15, 0.2) is 42.5 Å². The van der Waals surface area contributed by atoms with Gasteiger partial charge >= 0.3 is 0 Å². The van der Waals surface area contributed by atoms with Crippen LogP contribution < -0.4 is 15.0 Å². The molecule has 1 aliphatic heterocycles. The highest BCUT2D eigenvalue weighted by Crippen LogP contribution is 2.30. The molecule has 1 aliphatic rings. The fourth-order valence-electron chi connectivity index (χ4n) is 3.45. The van der Waals surface area contributed by atoms with E-state index in [9.17, 15) is 9.59 Å². The van der Waals surface area contributed by atoms with Gasteiger partial charge in [-0.15, -0.1) is 0 Å². The molecule has 2 amide bonds. The van der Waals surface area contributed by atoms with Gasteiger partial charge in [0, 0.05) is 43.3 Å². The number of anilines is 2. The Labute approximate surface area is 182 Å². The molecule has 1 heterocycles. The van der Waals surface area contributed by atoms with E-state index in [4.69, 9.17) is 16.3 Å². The Morgan fingerprint density at radius 2 is 1.73 bits per heavy atom. The van der Waals surface area contributed by atoms with Gasteiger partial charge in [-0.05, 0) is 49.4 Å². The van der Waals surface area contributed by atoms with Crippen molar-refractivity contribution in [2.24, 2.45) is 5.92 Å². The molecule has 7 heteroatoms. The number of hydrogen-bond acceptors (Lipinski definition) is 4. The van der Waals surface area contributed by atoms with Gasteiger partial charge in [0.05, 0.1) is 17.3 Å². The molecule has 0 aromatic heterocycles. The van der Waals surface area contributed by atoms with E-state index in [0.29, 0.717) is 36.0 Å². The zero-order chi connectivity index (χ0) is 21.7. The molecule has 0 atom stereocenters. The van der Waals surface area contributed by atoms with Crippen molar-refractivity contribution in [3.05, 3.63) is 53.1 Å². The highest BCUT2D eigenvalue weighted by molar-refractivity contribution is 6.33. The first-order valence-corrected chi connectivity index (χ1v) is 10.6. The van der Waals surface area contributed by atoms with Crippen LogP contribution in [0.5, 0.6) is 5.75 Å². The zero-order valence-corrected chi connectivity index (χ0v) is 18.4. The van der Waals surface area contributed by atoms with Crippen molar-refractivity contribution in [3.63, 3.8) is 0 Å². The van der Waals surface area contributed by atoms with E-state index >= 15 is 0 Å². The van der Waals surface area contributed by atoms with E-state index in [1.165, 1.54) is 0 Å². The van der Waals surface area contributed by atoms with Crippen molar-refractivity contribution in [2.45, 2.75) is 20.8 Å². The van der Waals surface area contributed by atoms with E-state index < -0.39 is 0 Å². The van der Waals surface area contributed by atoms with Crippen molar-refractivity contribution >= 4 is 34.8 Å². The predicted molar refractivity (Wildman–Crippen MR) is 121 cm³/mol. The molecule has 30 heavy (non-hydrogen) atoms. The summed E-state index contributed by atoms with van der Waals surface area (Å²) < 4.78 is 5.40. The monoisotopic (exact) mass is 429 g/mol. The first-order valence-electron chi connectivity index (χ1n) is 10.3. The minimum Gasteiger partial charge on any atom is -0.494 e. The second-order valence-corrected chi connectivity index (χ2v) is 7.95. The van der Waals surface area contributed by atoms with Gasteiger partial charge in [-0.3, -0.25) is 9.59 Å². The normalized spacial score (nSPS) is 14.0. The molecule has 2 aromatic carbocycles. The molecule has 0 saturated carbocycles. The Morgan fingerprint density at radius 1 is 1.07 bits per heavy atom. The number of nitrogens with zero attached hydrogens (tertiary/aromatic N) is 2. The number of halogens is 1. The molecule has 1 saturated heterocycles. The summed E-state index contributed by atoms with van der Waals surface area (Å²) in [6.07, 6.45) is 0. The molecule has 0 radical (unpaired) electrons. The Hall–Kier alpha value is -2.73. The Balaban J connectivity index is 1.61. The average Bonchev–Trinajstić information content (AvgIpc) is 2.74. The third-order valence-corrected chi connectivity index (χ3v) is 5.36. The lowest BCUT2D eigenvalue weighted by Gasteiger charge is -2.37.